The van der Waals surface area contributed by atoms with Gasteiger partial charge >= 0.3 is 5.97 Å². The van der Waals surface area contributed by atoms with Crippen LogP contribution in [0.4, 0.5) is 0 Å². The molecule has 0 radical (unpaired) electrons. The molecule has 0 fully saturated rings. The lowest BCUT2D eigenvalue weighted by Crippen LogP contribution is -2.01. The molecule has 2 heterocycles. The molecule has 1 aromatic carbocycles. The Morgan fingerprint density at radius 3 is 2.75 bits per heavy atom. The first-order chi connectivity index (χ1) is 9.54. The lowest BCUT2D eigenvalue weighted by molar-refractivity contribution is 0.0697. The van der Waals surface area contributed by atoms with Gasteiger partial charge in [-0.25, -0.2) is 9.78 Å². The standard InChI is InChI=1S/C15H14N2O2S/c1-9-3-5-12(20-9)8-17-10(2)16-13-6-4-11(15(18)19)7-14(13)17/h3-7H,8H2,1-2H3,(H,18,19). The topological polar surface area (TPSA) is 55.1 Å². The molecular weight excluding hydrogens is 272 g/mol. The largest absolute Gasteiger partial charge is 0.478 e. The maximum atomic E-state index is 11.1. The lowest BCUT2D eigenvalue weighted by atomic mass is 10.2. The molecular formula is C15H14N2O2S. The quantitative estimate of drug-likeness (QED) is 0.802. The fourth-order valence-electron chi connectivity index (χ4n) is 2.30. The van der Waals surface area contributed by atoms with Crippen LogP contribution in [0.1, 0.15) is 25.9 Å². The Balaban J connectivity index is 2.10. The summed E-state index contributed by atoms with van der Waals surface area (Å²) in [5.41, 5.74) is 2.00. The Kier molecular flexibility index (Phi) is 3.06. The van der Waals surface area contributed by atoms with Crippen LogP contribution >= 0.6 is 11.3 Å². The number of carboxylic acids is 1. The van der Waals surface area contributed by atoms with Crippen LogP contribution in [0.2, 0.25) is 0 Å². The van der Waals surface area contributed by atoms with Crippen LogP contribution < -0.4 is 0 Å². The van der Waals surface area contributed by atoms with E-state index in [9.17, 15) is 4.79 Å². The molecule has 3 rings (SSSR count). The van der Waals surface area contributed by atoms with Gasteiger partial charge in [-0.15, -0.1) is 11.3 Å². The monoisotopic (exact) mass is 286 g/mol. The summed E-state index contributed by atoms with van der Waals surface area (Å²) >= 11 is 1.75. The number of hydrogen-bond acceptors (Lipinski definition) is 3. The molecule has 0 saturated carbocycles. The van der Waals surface area contributed by atoms with Crippen LogP contribution in [0.3, 0.4) is 0 Å². The molecule has 0 unspecified atom stereocenters. The fourth-order valence-corrected chi connectivity index (χ4v) is 3.18. The van der Waals surface area contributed by atoms with E-state index in [1.54, 1.807) is 29.5 Å². The Morgan fingerprint density at radius 1 is 1.30 bits per heavy atom. The van der Waals surface area contributed by atoms with Gasteiger partial charge in [0.05, 0.1) is 23.1 Å². The number of carbonyl (C=O) groups is 1. The van der Waals surface area contributed by atoms with Crippen LogP contribution in [0, 0.1) is 13.8 Å². The maximum absolute atomic E-state index is 11.1. The van der Waals surface area contributed by atoms with Gasteiger partial charge in [-0.05, 0) is 44.2 Å². The summed E-state index contributed by atoms with van der Waals surface area (Å²) in [6.45, 7) is 4.75. The Labute approximate surface area is 120 Å². The third kappa shape index (κ3) is 2.20. The molecule has 0 spiro atoms. The molecule has 5 heteroatoms. The van der Waals surface area contributed by atoms with E-state index in [1.807, 2.05) is 6.92 Å². The molecule has 0 atom stereocenters. The SMILES string of the molecule is Cc1ccc(Cn2c(C)nc3ccc(C(=O)O)cc32)s1. The summed E-state index contributed by atoms with van der Waals surface area (Å²) in [7, 11) is 0. The molecule has 4 nitrogen and oxygen atoms in total. The molecule has 0 amide bonds. The number of hydrogen-bond donors (Lipinski definition) is 1. The summed E-state index contributed by atoms with van der Waals surface area (Å²) in [5.74, 6) is -0.0159. The van der Waals surface area contributed by atoms with Crippen molar-refractivity contribution >= 4 is 28.3 Å². The van der Waals surface area contributed by atoms with E-state index in [2.05, 4.69) is 28.6 Å². The second-order valence-electron chi connectivity index (χ2n) is 4.77. The van der Waals surface area contributed by atoms with Crippen molar-refractivity contribution in [1.82, 2.24) is 9.55 Å². The molecule has 0 aliphatic carbocycles. The van der Waals surface area contributed by atoms with Crippen molar-refractivity contribution in [2.24, 2.45) is 0 Å². The Morgan fingerprint density at radius 2 is 2.10 bits per heavy atom. The summed E-state index contributed by atoms with van der Waals surface area (Å²) in [6.07, 6.45) is 0. The minimum Gasteiger partial charge on any atom is -0.478 e. The highest BCUT2D eigenvalue weighted by atomic mass is 32.1. The van der Waals surface area contributed by atoms with Crippen molar-refractivity contribution in [1.29, 1.82) is 0 Å². The maximum Gasteiger partial charge on any atom is 0.335 e. The Hall–Kier alpha value is -2.14. The van der Waals surface area contributed by atoms with Gasteiger partial charge in [-0.1, -0.05) is 0 Å². The van der Waals surface area contributed by atoms with E-state index in [0.29, 0.717) is 5.56 Å². The first-order valence-corrected chi connectivity index (χ1v) is 7.12. The average molecular weight is 286 g/mol. The molecule has 0 bridgehead atoms. The molecule has 0 aliphatic rings. The van der Waals surface area contributed by atoms with Gasteiger partial charge in [0, 0.05) is 9.75 Å². The first kappa shape index (κ1) is 12.9. The number of imidazole rings is 1. The fraction of sp³-hybridized carbons (Fsp3) is 0.200. The summed E-state index contributed by atoms with van der Waals surface area (Å²) in [4.78, 5) is 18.1. The highest BCUT2D eigenvalue weighted by molar-refractivity contribution is 7.11. The molecule has 3 aromatic rings. The minimum atomic E-state index is -0.913. The zero-order valence-electron chi connectivity index (χ0n) is 11.3. The van der Waals surface area contributed by atoms with Crippen LogP contribution in [-0.4, -0.2) is 20.6 Å². The number of fused-ring (bicyclic) bond motifs is 1. The van der Waals surface area contributed by atoms with Crippen molar-refractivity contribution < 1.29 is 9.90 Å². The zero-order valence-corrected chi connectivity index (χ0v) is 12.1. The van der Waals surface area contributed by atoms with Crippen molar-refractivity contribution in [3.05, 3.63) is 51.5 Å². The van der Waals surface area contributed by atoms with Crippen LogP contribution in [-0.2, 0) is 6.54 Å². The van der Waals surface area contributed by atoms with Crippen molar-refractivity contribution in [3.8, 4) is 0 Å². The van der Waals surface area contributed by atoms with E-state index in [0.717, 1.165) is 23.4 Å². The second-order valence-corrected chi connectivity index (χ2v) is 6.14. The van der Waals surface area contributed by atoms with Crippen molar-refractivity contribution in [2.75, 3.05) is 0 Å². The number of carboxylic acid groups (broad SMARTS) is 1. The average Bonchev–Trinajstić information content (AvgIpc) is 2.94. The number of rotatable bonds is 3. The van der Waals surface area contributed by atoms with Gasteiger partial charge in [0.15, 0.2) is 0 Å². The molecule has 0 aliphatic heterocycles. The van der Waals surface area contributed by atoms with E-state index in [1.165, 1.54) is 9.75 Å². The minimum absolute atomic E-state index is 0.293. The predicted molar refractivity (Wildman–Crippen MR) is 79.6 cm³/mol. The van der Waals surface area contributed by atoms with Crippen molar-refractivity contribution in [2.45, 2.75) is 20.4 Å². The van der Waals surface area contributed by atoms with Crippen LogP contribution in [0.25, 0.3) is 11.0 Å². The van der Waals surface area contributed by atoms with Gasteiger partial charge < -0.3 is 9.67 Å². The lowest BCUT2D eigenvalue weighted by Gasteiger charge is -2.05. The molecule has 1 N–H and O–H groups in total. The van der Waals surface area contributed by atoms with Gasteiger partial charge in [-0.3, -0.25) is 0 Å². The number of aromatic nitrogens is 2. The highest BCUT2D eigenvalue weighted by Crippen LogP contribution is 2.22. The van der Waals surface area contributed by atoms with E-state index < -0.39 is 5.97 Å². The number of aryl methyl sites for hydroxylation is 2. The Bertz CT molecular complexity index is 801. The molecule has 20 heavy (non-hydrogen) atoms. The molecule has 2 aromatic heterocycles. The summed E-state index contributed by atoms with van der Waals surface area (Å²) in [5, 5.41) is 9.11. The predicted octanol–water partition coefficient (Wildman–Crippen LogP) is 3.46. The smallest absolute Gasteiger partial charge is 0.335 e. The molecule has 102 valence electrons. The van der Waals surface area contributed by atoms with Crippen molar-refractivity contribution in [3.63, 3.8) is 0 Å². The normalized spacial score (nSPS) is 11.1. The van der Waals surface area contributed by atoms with E-state index in [-0.39, 0.29) is 0 Å². The van der Waals surface area contributed by atoms with Gasteiger partial charge in [0.25, 0.3) is 0 Å². The van der Waals surface area contributed by atoms with Crippen LogP contribution in [0.5, 0.6) is 0 Å². The van der Waals surface area contributed by atoms with Crippen LogP contribution in [0.15, 0.2) is 30.3 Å². The number of nitrogens with zero attached hydrogens (tertiary/aromatic N) is 2. The second kappa shape index (κ2) is 4.76. The van der Waals surface area contributed by atoms with Gasteiger partial charge in [0.1, 0.15) is 5.82 Å². The van der Waals surface area contributed by atoms with Gasteiger partial charge in [0.2, 0.25) is 0 Å². The molecule has 0 saturated heterocycles. The number of aromatic carboxylic acids is 1. The third-order valence-corrected chi connectivity index (χ3v) is 4.28. The third-order valence-electron chi connectivity index (χ3n) is 3.30. The summed E-state index contributed by atoms with van der Waals surface area (Å²) in [6, 6.07) is 9.25. The number of thiophene rings is 1. The van der Waals surface area contributed by atoms with E-state index >= 15 is 0 Å². The summed E-state index contributed by atoms with van der Waals surface area (Å²) < 4.78 is 2.06. The van der Waals surface area contributed by atoms with E-state index in [4.69, 9.17) is 5.11 Å². The first-order valence-electron chi connectivity index (χ1n) is 6.30. The number of benzene rings is 1. The van der Waals surface area contributed by atoms with Gasteiger partial charge in [-0.2, -0.15) is 0 Å². The highest BCUT2D eigenvalue weighted by Gasteiger charge is 2.11. The zero-order chi connectivity index (χ0) is 14.3.